The van der Waals surface area contributed by atoms with Crippen LogP contribution in [0.2, 0.25) is 0 Å². The Bertz CT molecular complexity index is 2210. The Balaban J connectivity index is 1.29. The van der Waals surface area contributed by atoms with E-state index in [0.29, 0.717) is 17.0 Å². The number of anilines is 1. The summed E-state index contributed by atoms with van der Waals surface area (Å²) in [4.78, 5) is 30.4. The SMILES string of the molecule is COc1nc(N)nc2c1nc(I)n2C1O[C@H](COP(=O)(NC(C(=O)OCc2ccc(F)cc2F)C(C)C)Oc2cccc3ncccc23)[C@@H](O)[C@@]1(C)O. The van der Waals surface area contributed by atoms with Crippen LogP contribution in [0.15, 0.2) is 54.7 Å². The summed E-state index contributed by atoms with van der Waals surface area (Å²) in [5.74, 6) is -3.21. The van der Waals surface area contributed by atoms with Crippen molar-refractivity contribution in [2.24, 2.45) is 5.92 Å². The van der Waals surface area contributed by atoms with Crippen LogP contribution < -0.4 is 20.1 Å². The minimum Gasteiger partial charge on any atom is -0.479 e. The third-order valence-electron chi connectivity index (χ3n) is 8.50. The summed E-state index contributed by atoms with van der Waals surface area (Å²) in [7, 11) is -3.26. The Morgan fingerprint density at radius 1 is 1.19 bits per heavy atom. The molecule has 0 amide bonds. The maximum absolute atomic E-state index is 14.7. The van der Waals surface area contributed by atoms with E-state index in [4.69, 9.17) is 29.0 Å². The van der Waals surface area contributed by atoms with Gasteiger partial charge in [-0.1, -0.05) is 19.9 Å². The molecule has 0 spiro atoms. The lowest BCUT2D eigenvalue weighted by Crippen LogP contribution is -2.45. The summed E-state index contributed by atoms with van der Waals surface area (Å²) >= 11 is 1.89. The van der Waals surface area contributed by atoms with Gasteiger partial charge in [0.1, 0.15) is 47.8 Å². The first-order chi connectivity index (χ1) is 25.1. The quantitative estimate of drug-likeness (QED) is 0.0558. The highest BCUT2D eigenvalue weighted by Gasteiger charge is 2.55. The fourth-order valence-electron chi connectivity index (χ4n) is 5.71. The van der Waals surface area contributed by atoms with E-state index in [1.807, 2.05) is 22.6 Å². The van der Waals surface area contributed by atoms with Crippen molar-refractivity contribution in [1.29, 1.82) is 0 Å². The monoisotopic (exact) mass is 869 g/mol. The number of aromatic nitrogens is 5. The molecule has 5 aromatic rings. The Morgan fingerprint density at radius 2 is 1.96 bits per heavy atom. The lowest BCUT2D eigenvalue weighted by Gasteiger charge is -2.28. The number of nitrogens with two attached hydrogens (primary N) is 1. The molecule has 5 N–H and O–H groups in total. The van der Waals surface area contributed by atoms with E-state index in [9.17, 15) is 28.4 Å². The Kier molecular flexibility index (Phi) is 11.2. The molecule has 6 atom stereocenters. The predicted molar refractivity (Wildman–Crippen MR) is 193 cm³/mol. The molecule has 16 nitrogen and oxygen atoms in total. The molecule has 0 bridgehead atoms. The van der Waals surface area contributed by atoms with Crippen LogP contribution in [-0.4, -0.2) is 78.3 Å². The first-order valence-corrected chi connectivity index (χ1v) is 18.7. The molecule has 53 heavy (non-hydrogen) atoms. The van der Waals surface area contributed by atoms with E-state index < -0.39 is 74.6 Å². The smallest absolute Gasteiger partial charge is 0.459 e. The second-order valence-electron chi connectivity index (χ2n) is 12.6. The van der Waals surface area contributed by atoms with Gasteiger partial charge in [-0.15, -0.1) is 0 Å². The number of hydrogen-bond acceptors (Lipinski definition) is 14. The average Bonchev–Trinajstić information content (AvgIpc) is 3.55. The number of nitrogen functional groups attached to an aromatic ring is 1. The Hall–Kier alpha value is -4.11. The number of aliphatic hydroxyl groups is 2. The molecule has 1 saturated heterocycles. The zero-order valence-corrected chi connectivity index (χ0v) is 31.7. The number of benzene rings is 2. The predicted octanol–water partition coefficient (Wildman–Crippen LogP) is 4.42. The molecule has 2 aromatic carbocycles. The van der Waals surface area contributed by atoms with Gasteiger partial charge in [0, 0.05) is 45.8 Å². The minimum absolute atomic E-state index is 0.0797. The van der Waals surface area contributed by atoms with Gasteiger partial charge in [0.25, 0.3) is 0 Å². The number of halogens is 3. The third kappa shape index (κ3) is 7.91. The van der Waals surface area contributed by atoms with Crippen molar-refractivity contribution in [3.05, 3.63) is 75.8 Å². The molecular formula is C33H35F2IN7O9P. The van der Waals surface area contributed by atoms with Crippen LogP contribution in [0, 0.1) is 21.4 Å². The topological polar surface area (TPSA) is 215 Å². The molecule has 4 heterocycles. The maximum atomic E-state index is 14.7. The number of ether oxygens (including phenoxy) is 3. The highest BCUT2D eigenvalue weighted by atomic mass is 127. The summed E-state index contributed by atoms with van der Waals surface area (Å²) < 4.78 is 72.9. The maximum Gasteiger partial charge on any atom is 0.459 e. The van der Waals surface area contributed by atoms with Gasteiger partial charge in [-0.2, -0.15) is 15.1 Å². The number of rotatable bonds is 13. The van der Waals surface area contributed by atoms with Gasteiger partial charge >= 0.3 is 13.7 Å². The molecule has 0 radical (unpaired) electrons. The summed E-state index contributed by atoms with van der Waals surface area (Å²) in [6.45, 7) is 3.43. The van der Waals surface area contributed by atoms with Crippen LogP contribution in [0.3, 0.4) is 0 Å². The zero-order valence-electron chi connectivity index (χ0n) is 28.6. The standard InChI is InChI=1S/C33H35F2IN7O9P/c1-16(2)24(29(45)49-14-17-10-11-18(34)13-20(17)35)42-53(47,52-22-9-5-8-21-19(22)7-6-12-38-21)50-15-23-26(44)33(3,46)30(51-23)43-27-25(39-31(43)36)28(48-4)41-32(37)40-27/h5-13,16,23-24,26,30,44,46H,14-15H2,1-4H3,(H,42,47)(H2,37,40,41)/t23-,24?,26-,30?,33-,53?/m1/s1. The molecule has 0 saturated carbocycles. The Labute approximate surface area is 314 Å². The Morgan fingerprint density at radius 3 is 2.68 bits per heavy atom. The van der Waals surface area contributed by atoms with Crippen LogP contribution in [-0.2, 0) is 30.0 Å². The highest BCUT2D eigenvalue weighted by Crippen LogP contribution is 2.49. The van der Waals surface area contributed by atoms with Gasteiger partial charge in [-0.25, -0.2) is 18.3 Å². The van der Waals surface area contributed by atoms with E-state index in [-0.39, 0.29) is 38.1 Å². The van der Waals surface area contributed by atoms with Gasteiger partial charge in [-0.3, -0.25) is 18.9 Å². The number of methoxy groups -OCH3 is 1. The van der Waals surface area contributed by atoms with Gasteiger partial charge < -0.3 is 34.7 Å². The molecular weight excluding hydrogens is 834 g/mol. The zero-order chi connectivity index (χ0) is 38.2. The molecule has 3 unspecified atom stereocenters. The fraction of sp³-hybridized carbons (Fsp3) is 0.364. The van der Waals surface area contributed by atoms with Crippen LogP contribution in [0.4, 0.5) is 14.7 Å². The molecule has 282 valence electrons. The number of esters is 1. The number of nitrogens with one attached hydrogen (secondary N) is 1. The van der Waals surface area contributed by atoms with E-state index in [2.05, 4.69) is 25.0 Å². The number of hydrogen-bond donors (Lipinski definition) is 4. The van der Waals surface area contributed by atoms with Crippen LogP contribution in [0.1, 0.15) is 32.6 Å². The summed E-state index contributed by atoms with van der Waals surface area (Å²) in [5, 5.41) is 26.1. The number of aliphatic hydroxyl groups excluding tert-OH is 1. The largest absolute Gasteiger partial charge is 0.479 e. The highest BCUT2D eigenvalue weighted by molar-refractivity contribution is 14.1. The molecule has 0 aliphatic carbocycles. The van der Waals surface area contributed by atoms with E-state index in [1.54, 1.807) is 44.3 Å². The second-order valence-corrected chi connectivity index (χ2v) is 15.3. The molecule has 20 heteroatoms. The number of nitrogens with zero attached hydrogens (tertiary/aromatic N) is 5. The molecule has 1 aliphatic heterocycles. The minimum atomic E-state index is -4.64. The van der Waals surface area contributed by atoms with Crippen molar-refractivity contribution < 1.29 is 51.6 Å². The fourth-order valence-corrected chi connectivity index (χ4v) is 8.12. The first kappa shape index (κ1) is 38.6. The van der Waals surface area contributed by atoms with E-state index in [0.717, 1.165) is 12.1 Å². The van der Waals surface area contributed by atoms with Gasteiger partial charge in [-0.05, 0) is 49.2 Å². The first-order valence-electron chi connectivity index (χ1n) is 16.1. The van der Waals surface area contributed by atoms with E-state index in [1.165, 1.54) is 24.7 Å². The third-order valence-corrected chi connectivity index (χ3v) is 10.8. The average molecular weight is 870 g/mol. The number of imidazole rings is 1. The molecule has 6 rings (SSSR count). The second kappa shape index (κ2) is 15.3. The lowest BCUT2D eigenvalue weighted by molar-refractivity contribution is -0.148. The number of carbonyl (C=O) groups is 1. The molecule has 3 aromatic heterocycles. The van der Waals surface area contributed by atoms with Crippen molar-refractivity contribution >= 4 is 64.3 Å². The number of carbonyl (C=O) groups excluding carboxylic acids is 1. The summed E-state index contributed by atoms with van der Waals surface area (Å²) in [6, 6.07) is 9.67. The van der Waals surface area contributed by atoms with Crippen molar-refractivity contribution in [2.75, 3.05) is 19.5 Å². The molecule has 1 aliphatic rings. The normalized spacial score (nSPS) is 21.9. The lowest BCUT2D eigenvalue weighted by atomic mass is 9.96. The van der Waals surface area contributed by atoms with Gasteiger partial charge in [0.05, 0.1) is 19.2 Å². The number of fused-ring (bicyclic) bond motifs is 2. The van der Waals surface area contributed by atoms with Crippen molar-refractivity contribution in [3.8, 4) is 11.6 Å². The van der Waals surface area contributed by atoms with Crippen molar-refractivity contribution in [3.63, 3.8) is 0 Å². The van der Waals surface area contributed by atoms with Crippen LogP contribution >= 0.6 is 30.3 Å². The van der Waals surface area contributed by atoms with Gasteiger partial charge in [0.2, 0.25) is 11.8 Å². The number of pyridine rings is 1. The summed E-state index contributed by atoms with van der Waals surface area (Å²) in [6.07, 6.45) is -2.71. The summed E-state index contributed by atoms with van der Waals surface area (Å²) in [5.41, 5.74) is 4.71. The van der Waals surface area contributed by atoms with Crippen molar-refractivity contribution in [1.82, 2.24) is 29.6 Å². The molecule has 1 fully saturated rings. The van der Waals surface area contributed by atoms with Gasteiger partial charge in [0.15, 0.2) is 21.2 Å². The van der Waals surface area contributed by atoms with Crippen molar-refractivity contribution in [2.45, 2.75) is 57.5 Å². The van der Waals surface area contributed by atoms with Crippen LogP contribution in [0.5, 0.6) is 11.6 Å². The van der Waals surface area contributed by atoms with Crippen LogP contribution in [0.25, 0.3) is 22.1 Å². The van der Waals surface area contributed by atoms with E-state index >= 15 is 0 Å².